The zero-order valence-corrected chi connectivity index (χ0v) is 11.6. The summed E-state index contributed by atoms with van der Waals surface area (Å²) in [6.45, 7) is 1.34. The molecule has 1 N–H and O–H groups in total. The molecule has 1 aromatic rings. The summed E-state index contributed by atoms with van der Waals surface area (Å²) >= 11 is 0. The highest BCUT2D eigenvalue weighted by molar-refractivity contribution is 5.97. The van der Waals surface area contributed by atoms with Crippen LogP contribution in [0.1, 0.15) is 25.3 Å². The molecule has 2 amide bonds. The number of amides is 2. The molecule has 21 heavy (non-hydrogen) atoms. The third-order valence-electron chi connectivity index (χ3n) is 4.18. The Labute approximate surface area is 121 Å². The maximum absolute atomic E-state index is 13.7. The number of halogens is 2. The van der Waals surface area contributed by atoms with Crippen LogP contribution in [0.5, 0.6) is 0 Å². The molecule has 2 fully saturated rings. The lowest BCUT2D eigenvalue weighted by atomic mass is 10.0. The lowest BCUT2D eigenvalue weighted by Gasteiger charge is -2.37. The van der Waals surface area contributed by atoms with Crippen molar-refractivity contribution in [1.82, 2.24) is 10.2 Å². The number of carbonyl (C=O) groups is 2. The van der Waals surface area contributed by atoms with Crippen LogP contribution >= 0.6 is 0 Å². The van der Waals surface area contributed by atoms with E-state index >= 15 is 0 Å². The van der Waals surface area contributed by atoms with Gasteiger partial charge in [0.2, 0.25) is 11.8 Å². The summed E-state index contributed by atoms with van der Waals surface area (Å²) in [6, 6.07) is 2.29. The van der Waals surface area contributed by atoms with Gasteiger partial charge < -0.3 is 10.2 Å². The van der Waals surface area contributed by atoms with Crippen LogP contribution < -0.4 is 5.32 Å². The second-order valence-corrected chi connectivity index (χ2v) is 5.67. The Morgan fingerprint density at radius 3 is 2.43 bits per heavy atom. The minimum absolute atomic E-state index is 0.155. The number of hydrogen-bond acceptors (Lipinski definition) is 2. The van der Waals surface area contributed by atoms with Crippen LogP contribution in [0.3, 0.4) is 0 Å². The molecule has 4 nitrogen and oxygen atoms in total. The van der Waals surface area contributed by atoms with Gasteiger partial charge in [-0.1, -0.05) is 6.07 Å². The van der Waals surface area contributed by atoms with E-state index in [4.69, 9.17) is 0 Å². The number of nitrogens with zero attached hydrogens (tertiary/aromatic N) is 1. The van der Waals surface area contributed by atoms with Crippen LogP contribution in [0, 0.1) is 17.6 Å². The van der Waals surface area contributed by atoms with Gasteiger partial charge in [0.1, 0.15) is 23.7 Å². The molecule has 2 unspecified atom stereocenters. The van der Waals surface area contributed by atoms with Gasteiger partial charge in [0, 0.05) is 5.56 Å². The summed E-state index contributed by atoms with van der Waals surface area (Å²) in [7, 11) is 0. The van der Waals surface area contributed by atoms with E-state index < -0.39 is 23.7 Å². The summed E-state index contributed by atoms with van der Waals surface area (Å²) in [5.41, 5.74) is -0.179. The fourth-order valence-corrected chi connectivity index (χ4v) is 2.66. The highest BCUT2D eigenvalue weighted by atomic mass is 19.1. The van der Waals surface area contributed by atoms with Crippen molar-refractivity contribution in [2.45, 2.75) is 38.4 Å². The maximum Gasteiger partial charge on any atom is 0.246 e. The van der Waals surface area contributed by atoms with Crippen LogP contribution in [0.15, 0.2) is 18.2 Å². The molecule has 1 heterocycles. The van der Waals surface area contributed by atoms with Crippen LogP contribution in [-0.2, 0) is 16.1 Å². The fourth-order valence-electron chi connectivity index (χ4n) is 2.66. The first-order valence-corrected chi connectivity index (χ1v) is 7.03. The monoisotopic (exact) mass is 294 g/mol. The van der Waals surface area contributed by atoms with Gasteiger partial charge in [0.15, 0.2) is 0 Å². The Morgan fingerprint density at radius 1 is 1.24 bits per heavy atom. The molecule has 0 aromatic heterocycles. The van der Waals surface area contributed by atoms with Crippen LogP contribution in [-0.4, -0.2) is 28.8 Å². The van der Waals surface area contributed by atoms with Gasteiger partial charge in [0.25, 0.3) is 0 Å². The Hall–Kier alpha value is -1.98. The molecule has 0 bridgehead atoms. The molecule has 0 spiro atoms. The lowest BCUT2D eigenvalue weighted by molar-refractivity contribution is -0.150. The van der Waals surface area contributed by atoms with Gasteiger partial charge in [-0.25, -0.2) is 8.78 Å². The van der Waals surface area contributed by atoms with Crippen molar-refractivity contribution in [2.75, 3.05) is 0 Å². The normalized spacial score (nSPS) is 26.0. The van der Waals surface area contributed by atoms with Crippen LogP contribution in [0.4, 0.5) is 8.78 Å². The largest absolute Gasteiger partial charge is 0.342 e. The number of carbonyl (C=O) groups excluding carboxylic acids is 2. The number of piperazine rings is 1. The first-order valence-electron chi connectivity index (χ1n) is 7.03. The van der Waals surface area contributed by atoms with E-state index in [0.717, 1.165) is 25.0 Å². The SMILES string of the molecule is CC1C(=O)NC(C2CC2)C(=O)N1Cc1c(F)cccc1F. The van der Waals surface area contributed by atoms with Gasteiger partial charge in [-0.3, -0.25) is 9.59 Å². The molecule has 1 aliphatic heterocycles. The summed E-state index contributed by atoms with van der Waals surface area (Å²) in [5.74, 6) is -1.79. The zero-order valence-electron chi connectivity index (χ0n) is 11.6. The Morgan fingerprint density at radius 2 is 1.86 bits per heavy atom. The summed E-state index contributed by atoms with van der Waals surface area (Å²) in [4.78, 5) is 25.7. The topological polar surface area (TPSA) is 49.4 Å². The second kappa shape index (κ2) is 5.09. The highest BCUT2D eigenvalue weighted by Gasteiger charge is 2.45. The lowest BCUT2D eigenvalue weighted by Crippen LogP contribution is -2.62. The molecule has 3 rings (SSSR count). The summed E-state index contributed by atoms with van der Waals surface area (Å²) in [6.07, 6.45) is 1.79. The zero-order chi connectivity index (χ0) is 15.1. The van der Waals surface area contributed by atoms with Crippen molar-refractivity contribution >= 4 is 11.8 Å². The number of hydrogen-bond donors (Lipinski definition) is 1. The highest BCUT2D eigenvalue weighted by Crippen LogP contribution is 2.35. The van der Waals surface area contributed by atoms with E-state index in [1.807, 2.05) is 0 Å². The molecular weight excluding hydrogens is 278 g/mol. The molecule has 1 aliphatic carbocycles. The van der Waals surface area contributed by atoms with Gasteiger partial charge in [-0.05, 0) is 37.8 Å². The van der Waals surface area contributed by atoms with Crippen LogP contribution in [0.25, 0.3) is 0 Å². The quantitative estimate of drug-likeness (QED) is 0.920. The molecule has 1 saturated heterocycles. The predicted molar refractivity (Wildman–Crippen MR) is 71.0 cm³/mol. The molecule has 1 aromatic carbocycles. The second-order valence-electron chi connectivity index (χ2n) is 5.67. The first-order chi connectivity index (χ1) is 9.99. The average Bonchev–Trinajstić information content (AvgIpc) is 3.26. The smallest absolute Gasteiger partial charge is 0.246 e. The van der Waals surface area contributed by atoms with Crippen molar-refractivity contribution in [3.8, 4) is 0 Å². The van der Waals surface area contributed by atoms with Crippen molar-refractivity contribution in [3.05, 3.63) is 35.4 Å². The number of nitrogens with one attached hydrogen (secondary N) is 1. The molecule has 2 atom stereocenters. The van der Waals surface area contributed by atoms with E-state index in [0.29, 0.717) is 0 Å². The number of benzene rings is 1. The van der Waals surface area contributed by atoms with Crippen molar-refractivity contribution in [1.29, 1.82) is 0 Å². The van der Waals surface area contributed by atoms with Gasteiger partial charge in [-0.2, -0.15) is 0 Å². The van der Waals surface area contributed by atoms with Crippen molar-refractivity contribution < 1.29 is 18.4 Å². The number of rotatable bonds is 3. The van der Waals surface area contributed by atoms with Gasteiger partial charge >= 0.3 is 0 Å². The fraction of sp³-hybridized carbons (Fsp3) is 0.467. The Bertz CT molecular complexity index is 581. The molecular formula is C15H16F2N2O2. The third-order valence-corrected chi connectivity index (χ3v) is 4.18. The predicted octanol–water partition coefficient (Wildman–Crippen LogP) is 1.59. The van der Waals surface area contributed by atoms with Gasteiger partial charge in [0.05, 0.1) is 6.54 Å². The van der Waals surface area contributed by atoms with E-state index in [1.165, 1.54) is 11.0 Å². The minimum Gasteiger partial charge on any atom is -0.342 e. The molecule has 1 saturated carbocycles. The molecule has 2 aliphatic rings. The van der Waals surface area contributed by atoms with E-state index in [1.54, 1.807) is 6.92 Å². The van der Waals surface area contributed by atoms with Crippen molar-refractivity contribution in [3.63, 3.8) is 0 Å². The van der Waals surface area contributed by atoms with E-state index in [9.17, 15) is 18.4 Å². The third kappa shape index (κ3) is 2.50. The molecule has 0 radical (unpaired) electrons. The molecule has 112 valence electrons. The Balaban J connectivity index is 1.88. The minimum atomic E-state index is -0.730. The molecule has 6 heteroatoms. The van der Waals surface area contributed by atoms with Gasteiger partial charge in [-0.15, -0.1) is 0 Å². The average molecular weight is 294 g/mol. The summed E-state index contributed by atoms with van der Waals surface area (Å²) < 4.78 is 27.5. The first kappa shape index (κ1) is 14.0. The van der Waals surface area contributed by atoms with E-state index in [2.05, 4.69) is 5.32 Å². The maximum atomic E-state index is 13.7. The van der Waals surface area contributed by atoms with Crippen molar-refractivity contribution in [2.24, 2.45) is 5.92 Å². The Kier molecular flexibility index (Phi) is 3.39. The van der Waals surface area contributed by atoms with E-state index in [-0.39, 0.29) is 29.8 Å². The summed E-state index contributed by atoms with van der Waals surface area (Å²) in [5, 5.41) is 2.71. The van der Waals surface area contributed by atoms with Crippen LogP contribution in [0.2, 0.25) is 0 Å². The standard InChI is InChI=1S/C15H16F2N2O2/c1-8-14(20)18-13(9-5-6-9)15(21)19(8)7-10-11(16)3-2-4-12(10)17/h2-4,8-9,13H,5-7H2,1H3,(H,18,20).